The van der Waals surface area contributed by atoms with Gasteiger partial charge >= 0.3 is 5.97 Å². The highest BCUT2D eigenvalue weighted by Crippen LogP contribution is 2.24. The van der Waals surface area contributed by atoms with Crippen LogP contribution in [0, 0.1) is 0 Å². The number of sulfonamides is 1. The molecule has 0 saturated carbocycles. The van der Waals surface area contributed by atoms with Gasteiger partial charge in [-0.05, 0) is 54.6 Å². The van der Waals surface area contributed by atoms with Crippen LogP contribution in [0.4, 0.5) is 11.4 Å². The summed E-state index contributed by atoms with van der Waals surface area (Å²) >= 11 is 5.98. The van der Waals surface area contributed by atoms with Crippen LogP contribution in [0.5, 0.6) is 0 Å². The standard InChI is InChI=1S/C22H19ClN2O5S/c1-25(31(28,29)18-6-4-3-5-7-18)17-11-8-15(9-12-17)21(26)24-16-10-13-20(23)19(14-16)22(27)30-2/h3-14H,1-2H3,(H,24,26). The van der Waals surface area contributed by atoms with Crippen LogP contribution in [0.1, 0.15) is 20.7 Å². The van der Waals surface area contributed by atoms with Crippen LogP contribution in [0.3, 0.4) is 0 Å². The van der Waals surface area contributed by atoms with Gasteiger partial charge in [0.15, 0.2) is 0 Å². The lowest BCUT2D eigenvalue weighted by molar-refractivity contribution is 0.0600. The number of nitrogens with one attached hydrogen (secondary N) is 1. The molecule has 1 amide bonds. The van der Waals surface area contributed by atoms with Gasteiger partial charge < -0.3 is 10.1 Å². The van der Waals surface area contributed by atoms with Crippen LogP contribution in [0.2, 0.25) is 5.02 Å². The fourth-order valence-electron chi connectivity index (χ4n) is 2.78. The number of esters is 1. The molecule has 0 aliphatic rings. The number of carbonyl (C=O) groups is 2. The minimum atomic E-state index is -3.72. The Balaban J connectivity index is 1.77. The van der Waals surface area contributed by atoms with E-state index in [9.17, 15) is 18.0 Å². The molecule has 0 atom stereocenters. The van der Waals surface area contributed by atoms with E-state index in [1.54, 1.807) is 24.3 Å². The number of carbonyl (C=O) groups excluding carboxylic acids is 2. The lowest BCUT2D eigenvalue weighted by atomic mass is 10.1. The Bertz CT molecular complexity index is 1210. The molecule has 3 rings (SSSR count). The molecule has 0 fully saturated rings. The zero-order valence-corrected chi connectivity index (χ0v) is 18.3. The molecule has 0 saturated heterocycles. The molecule has 9 heteroatoms. The second-order valence-electron chi connectivity index (χ2n) is 6.47. The maximum atomic E-state index is 12.7. The van der Waals surface area contributed by atoms with Gasteiger partial charge in [0.1, 0.15) is 0 Å². The third kappa shape index (κ3) is 4.87. The number of rotatable bonds is 6. The normalized spacial score (nSPS) is 10.9. The van der Waals surface area contributed by atoms with Crippen LogP contribution in [-0.4, -0.2) is 34.5 Å². The number of methoxy groups -OCH3 is 1. The molecule has 3 aromatic rings. The Morgan fingerprint density at radius 1 is 0.968 bits per heavy atom. The lowest BCUT2D eigenvalue weighted by Crippen LogP contribution is -2.26. The Hall–Kier alpha value is -3.36. The molecule has 0 bridgehead atoms. The minimum Gasteiger partial charge on any atom is -0.465 e. The van der Waals surface area contributed by atoms with Gasteiger partial charge in [-0.1, -0.05) is 29.8 Å². The fourth-order valence-corrected chi connectivity index (χ4v) is 4.20. The first-order valence-electron chi connectivity index (χ1n) is 9.07. The summed E-state index contributed by atoms with van der Waals surface area (Å²) in [6.07, 6.45) is 0. The molecule has 0 unspecified atom stereocenters. The van der Waals surface area contributed by atoms with Crippen molar-refractivity contribution in [3.05, 3.63) is 88.9 Å². The highest BCUT2D eigenvalue weighted by Gasteiger charge is 2.21. The lowest BCUT2D eigenvalue weighted by Gasteiger charge is -2.19. The third-order valence-corrected chi connectivity index (χ3v) is 6.65. The molecular formula is C22H19ClN2O5S. The third-order valence-electron chi connectivity index (χ3n) is 4.52. The summed E-state index contributed by atoms with van der Waals surface area (Å²) < 4.78 is 31.3. The highest BCUT2D eigenvalue weighted by atomic mass is 35.5. The van der Waals surface area contributed by atoms with E-state index in [-0.39, 0.29) is 15.5 Å². The van der Waals surface area contributed by atoms with E-state index in [0.29, 0.717) is 16.9 Å². The van der Waals surface area contributed by atoms with E-state index >= 15 is 0 Å². The summed E-state index contributed by atoms with van der Waals surface area (Å²) in [5.74, 6) is -1.05. The Morgan fingerprint density at radius 3 is 2.23 bits per heavy atom. The molecular weight excluding hydrogens is 440 g/mol. The van der Waals surface area contributed by atoms with Gasteiger partial charge in [0.2, 0.25) is 0 Å². The summed E-state index contributed by atoms with van der Waals surface area (Å²) in [4.78, 5) is 24.5. The quantitative estimate of drug-likeness (QED) is 0.559. The van der Waals surface area contributed by atoms with Crippen molar-refractivity contribution in [3.63, 3.8) is 0 Å². The average Bonchev–Trinajstić information content (AvgIpc) is 2.80. The molecule has 160 valence electrons. The van der Waals surface area contributed by atoms with Crippen LogP contribution < -0.4 is 9.62 Å². The molecule has 0 radical (unpaired) electrons. The molecule has 1 N–H and O–H groups in total. The Kier molecular flexibility index (Phi) is 6.62. The van der Waals surface area contributed by atoms with Crippen molar-refractivity contribution in [2.45, 2.75) is 4.90 Å². The van der Waals surface area contributed by atoms with Gasteiger partial charge in [-0.2, -0.15) is 0 Å². The number of benzene rings is 3. The monoisotopic (exact) mass is 458 g/mol. The zero-order chi connectivity index (χ0) is 22.6. The number of amides is 1. The van der Waals surface area contributed by atoms with E-state index in [1.165, 1.54) is 62.7 Å². The number of nitrogens with zero attached hydrogens (tertiary/aromatic N) is 1. The molecule has 7 nitrogen and oxygen atoms in total. The average molecular weight is 459 g/mol. The van der Waals surface area contributed by atoms with Crippen molar-refractivity contribution >= 4 is 44.9 Å². The van der Waals surface area contributed by atoms with Gasteiger partial charge in [0.05, 0.1) is 28.3 Å². The molecule has 0 aliphatic carbocycles. The largest absolute Gasteiger partial charge is 0.465 e. The van der Waals surface area contributed by atoms with Gasteiger partial charge in [-0.15, -0.1) is 0 Å². The van der Waals surface area contributed by atoms with Gasteiger partial charge in [-0.25, -0.2) is 13.2 Å². The van der Waals surface area contributed by atoms with E-state index in [4.69, 9.17) is 11.6 Å². The Morgan fingerprint density at radius 2 is 1.61 bits per heavy atom. The zero-order valence-electron chi connectivity index (χ0n) is 16.7. The molecule has 0 aromatic heterocycles. The maximum Gasteiger partial charge on any atom is 0.339 e. The number of ether oxygens (including phenoxy) is 1. The predicted molar refractivity (Wildman–Crippen MR) is 119 cm³/mol. The van der Waals surface area contributed by atoms with Crippen molar-refractivity contribution in [1.29, 1.82) is 0 Å². The second kappa shape index (κ2) is 9.20. The number of hydrogen-bond acceptors (Lipinski definition) is 5. The number of hydrogen-bond donors (Lipinski definition) is 1. The maximum absolute atomic E-state index is 12.7. The van der Waals surface area contributed by atoms with Crippen molar-refractivity contribution in [2.75, 3.05) is 23.8 Å². The SMILES string of the molecule is COC(=O)c1cc(NC(=O)c2ccc(N(C)S(=O)(=O)c3ccccc3)cc2)ccc1Cl. The molecule has 31 heavy (non-hydrogen) atoms. The minimum absolute atomic E-state index is 0.130. The van der Waals surface area contributed by atoms with Crippen LogP contribution in [0.25, 0.3) is 0 Å². The van der Waals surface area contributed by atoms with Gasteiger partial charge in [0.25, 0.3) is 15.9 Å². The number of anilines is 2. The van der Waals surface area contributed by atoms with Crippen molar-refractivity contribution in [1.82, 2.24) is 0 Å². The molecule has 0 heterocycles. The smallest absolute Gasteiger partial charge is 0.339 e. The fraction of sp³-hybridized carbons (Fsp3) is 0.0909. The van der Waals surface area contributed by atoms with Crippen LogP contribution >= 0.6 is 11.6 Å². The van der Waals surface area contributed by atoms with Crippen molar-refractivity contribution in [2.24, 2.45) is 0 Å². The molecule has 0 spiro atoms. The van der Waals surface area contributed by atoms with Crippen LogP contribution in [-0.2, 0) is 14.8 Å². The first kappa shape index (κ1) is 22.3. The first-order chi connectivity index (χ1) is 14.7. The van der Waals surface area contributed by atoms with Crippen LogP contribution in [0.15, 0.2) is 77.7 Å². The van der Waals surface area contributed by atoms with E-state index in [2.05, 4.69) is 10.1 Å². The van der Waals surface area contributed by atoms with E-state index in [1.807, 2.05) is 0 Å². The summed E-state index contributed by atoms with van der Waals surface area (Å²) in [6, 6.07) is 18.6. The Labute approximate surface area is 185 Å². The van der Waals surface area contributed by atoms with Gasteiger partial charge in [-0.3, -0.25) is 9.10 Å². The first-order valence-corrected chi connectivity index (χ1v) is 10.9. The summed E-state index contributed by atoms with van der Waals surface area (Å²) in [5, 5.41) is 2.88. The van der Waals surface area contributed by atoms with Crippen molar-refractivity contribution < 1.29 is 22.7 Å². The highest BCUT2D eigenvalue weighted by molar-refractivity contribution is 7.92. The van der Waals surface area contributed by atoms with E-state index < -0.39 is 21.9 Å². The van der Waals surface area contributed by atoms with Gasteiger partial charge in [0, 0.05) is 18.3 Å². The summed E-state index contributed by atoms with van der Waals surface area (Å²) in [5.41, 5.74) is 1.21. The van der Waals surface area contributed by atoms with E-state index in [0.717, 1.165) is 4.31 Å². The molecule has 0 aliphatic heterocycles. The molecule has 3 aromatic carbocycles. The van der Waals surface area contributed by atoms with Crippen molar-refractivity contribution in [3.8, 4) is 0 Å². The number of halogens is 1. The topological polar surface area (TPSA) is 92.8 Å². The predicted octanol–water partition coefficient (Wildman–Crippen LogP) is 4.20. The second-order valence-corrected chi connectivity index (χ2v) is 8.85. The summed E-state index contributed by atoms with van der Waals surface area (Å²) in [6.45, 7) is 0. The summed E-state index contributed by atoms with van der Waals surface area (Å²) in [7, 11) is -1.04.